The molecule has 0 radical (unpaired) electrons. The van der Waals surface area contributed by atoms with E-state index in [9.17, 15) is 0 Å². The molecule has 1 aromatic rings. The maximum atomic E-state index is 5.56. The van der Waals surface area contributed by atoms with E-state index in [0.29, 0.717) is 12.5 Å². The van der Waals surface area contributed by atoms with Crippen LogP contribution in [0.4, 0.5) is 0 Å². The van der Waals surface area contributed by atoms with Crippen molar-refractivity contribution in [1.29, 1.82) is 0 Å². The molecule has 1 fully saturated rings. The van der Waals surface area contributed by atoms with E-state index in [-0.39, 0.29) is 0 Å². The predicted molar refractivity (Wildman–Crippen MR) is 61.6 cm³/mol. The van der Waals surface area contributed by atoms with E-state index in [1.165, 1.54) is 12.8 Å². The van der Waals surface area contributed by atoms with Gasteiger partial charge < -0.3 is 0 Å². The molecule has 2 heteroatoms. The van der Waals surface area contributed by atoms with Gasteiger partial charge in [-0.05, 0) is 0 Å². The van der Waals surface area contributed by atoms with Crippen LogP contribution in [-0.4, -0.2) is 11.2 Å². The Bertz CT molecular complexity index is 409. The van der Waals surface area contributed by atoms with E-state index >= 15 is 0 Å². The molecule has 1 aromatic carbocycles. The van der Waals surface area contributed by atoms with Crippen LogP contribution >= 0.6 is 0 Å². The summed E-state index contributed by atoms with van der Waals surface area (Å²) in [6, 6.07) is 10.0. The molecular formula is C14H14CrO. The molecule has 0 atom stereocenters. The first-order valence-electron chi connectivity index (χ1n) is 5.57. The third kappa shape index (κ3) is 3.95. The SMILES string of the molecule is [Cr]=[C](OCCC#Cc1ccccc1)C1CC1. The van der Waals surface area contributed by atoms with Gasteiger partial charge in [0.25, 0.3) is 0 Å². The van der Waals surface area contributed by atoms with Crippen molar-refractivity contribution in [2.24, 2.45) is 5.92 Å². The van der Waals surface area contributed by atoms with E-state index in [2.05, 4.69) is 27.7 Å². The van der Waals surface area contributed by atoms with Gasteiger partial charge in [-0.1, -0.05) is 0 Å². The number of rotatable bonds is 4. The summed E-state index contributed by atoms with van der Waals surface area (Å²) >= 11 is 2.99. The first kappa shape index (κ1) is 11.6. The van der Waals surface area contributed by atoms with Crippen molar-refractivity contribution < 1.29 is 20.6 Å². The number of hydrogen-bond acceptors (Lipinski definition) is 1. The van der Waals surface area contributed by atoms with Gasteiger partial charge in [0.2, 0.25) is 0 Å². The molecule has 1 aliphatic carbocycles. The molecule has 1 saturated carbocycles. The van der Waals surface area contributed by atoms with Crippen LogP contribution in [0.25, 0.3) is 0 Å². The van der Waals surface area contributed by atoms with Gasteiger partial charge in [0.1, 0.15) is 0 Å². The van der Waals surface area contributed by atoms with Crippen LogP contribution in [-0.2, 0) is 20.6 Å². The van der Waals surface area contributed by atoms with Gasteiger partial charge in [0.15, 0.2) is 0 Å². The third-order valence-electron chi connectivity index (χ3n) is 2.39. The zero-order valence-electron chi connectivity index (χ0n) is 9.11. The Morgan fingerprint density at radius 1 is 1.31 bits per heavy atom. The molecule has 16 heavy (non-hydrogen) atoms. The summed E-state index contributed by atoms with van der Waals surface area (Å²) in [6.07, 6.45) is 3.34. The Labute approximate surface area is 105 Å². The first-order chi connectivity index (χ1) is 7.86. The summed E-state index contributed by atoms with van der Waals surface area (Å²) in [7, 11) is 0. The van der Waals surface area contributed by atoms with Gasteiger partial charge in [0, 0.05) is 0 Å². The van der Waals surface area contributed by atoms with Gasteiger partial charge in [-0.3, -0.25) is 0 Å². The molecule has 0 saturated heterocycles. The number of benzene rings is 1. The van der Waals surface area contributed by atoms with E-state index < -0.39 is 0 Å². The molecule has 0 amide bonds. The molecule has 82 valence electrons. The average Bonchev–Trinajstić information content (AvgIpc) is 3.13. The second kappa shape index (κ2) is 6.02. The average molecular weight is 250 g/mol. The number of ether oxygens (including phenoxy) is 1. The van der Waals surface area contributed by atoms with Gasteiger partial charge in [-0.2, -0.15) is 0 Å². The minimum absolute atomic E-state index is 0.682. The van der Waals surface area contributed by atoms with Crippen LogP contribution in [0.2, 0.25) is 0 Å². The molecular weight excluding hydrogens is 236 g/mol. The van der Waals surface area contributed by atoms with Crippen molar-refractivity contribution in [1.82, 2.24) is 0 Å². The van der Waals surface area contributed by atoms with Gasteiger partial charge in [-0.15, -0.1) is 0 Å². The van der Waals surface area contributed by atoms with E-state index in [1.54, 1.807) is 0 Å². The van der Waals surface area contributed by atoms with Crippen LogP contribution in [0.5, 0.6) is 0 Å². The normalized spacial score (nSPS) is 14.0. The Hall–Kier alpha value is -0.858. The van der Waals surface area contributed by atoms with Crippen molar-refractivity contribution in [3.63, 3.8) is 0 Å². The standard InChI is InChI=1S/C14H14O.Cr/c1-2-6-13(7-3-1)8-4-5-11-15-12-14-9-10-14;/h1-3,6-7,14H,5,9-11H2;. The van der Waals surface area contributed by atoms with E-state index in [4.69, 9.17) is 4.74 Å². The van der Waals surface area contributed by atoms with E-state index in [0.717, 1.165) is 16.6 Å². The van der Waals surface area contributed by atoms with Crippen molar-refractivity contribution in [3.8, 4) is 11.8 Å². The molecule has 2 rings (SSSR count). The maximum absolute atomic E-state index is 5.56. The van der Waals surface area contributed by atoms with Crippen molar-refractivity contribution >= 4 is 4.57 Å². The second-order valence-electron chi connectivity index (χ2n) is 3.86. The fourth-order valence-electron chi connectivity index (χ4n) is 1.33. The molecule has 0 heterocycles. The van der Waals surface area contributed by atoms with Crippen LogP contribution in [0.1, 0.15) is 24.8 Å². The monoisotopic (exact) mass is 250 g/mol. The molecule has 0 N–H and O–H groups in total. The molecule has 0 spiro atoms. The van der Waals surface area contributed by atoms with Crippen molar-refractivity contribution in [3.05, 3.63) is 35.9 Å². The Balaban J connectivity index is 1.68. The van der Waals surface area contributed by atoms with Gasteiger partial charge >= 0.3 is 105 Å². The van der Waals surface area contributed by atoms with Crippen molar-refractivity contribution in [2.45, 2.75) is 19.3 Å². The fraction of sp³-hybridized carbons (Fsp3) is 0.357. The van der Waals surface area contributed by atoms with Crippen LogP contribution in [0.3, 0.4) is 0 Å². The van der Waals surface area contributed by atoms with E-state index in [1.807, 2.05) is 30.3 Å². The number of hydrogen-bond donors (Lipinski definition) is 0. The minimum atomic E-state index is 0.682. The third-order valence-corrected chi connectivity index (χ3v) is 3.09. The molecule has 0 bridgehead atoms. The second-order valence-corrected chi connectivity index (χ2v) is 4.49. The Morgan fingerprint density at radius 2 is 2.06 bits per heavy atom. The molecule has 1 nitrogen and oxygen atoms in total. The van der Waals surface area contributed by atoms with Crippen LogP contribution in [0, 0.1) is 17.8 Å². The Kier molecular flexibility index (Phi) is 4.37. The van der Waals surface area contributed by atoms with Crippen LogP contribution < -0.4 is 0 Å². The zero-order valence-corrected chi connectivity index (χ0v) is 10.4. The summed E-state index contributed by atoms with van der Waals surface area (Å²) in [5, 5.41) is 0. The molecule has 0 unspecified atom stereocenters. The summed E-state index contributed by atoms with van der Waals surface area (Å²) < 4.78 is 6.63. The summed E-state index contributed by atoms with van der Waals surface area (Å²) in [5.41, 5.74) is 1.07. The molecule has 0 aliphatic heterocycles. The quantitative estimate of drug-likeness (QED) is 0.589. The Morgan fingerprint density at radius 3 is 2.75 bits per heavy atom. The van der Waals surface area contributed by atoms with Gasteiger partial charge in [-0.25, -0.2) is 0 Å². The zero-order chi connectivity index (χ0) is 11.2. The molecule has 1 aliphatic rings. The van der Waals surface area contributed by atoms with Crippen LogP contribution in [0.15, 0.2) is 30.3 Å². The van der Waals surface area contributed by atoms with Crippen molar-refractivity contribution in [2.75, 3.05) is 6.61 Å². The fourth-order valence-corrected chi connectivity index (χ4v) is 1.82. The predicted octanol–water partition coefficient (Wildman–Crippen LogP) is 2.53. The summed E-state index contributed by atoms with van der Waals surface area (Å²) in [4.78, 5) is 0. The molecule has 0 aromatic heterocycles. The summed E-state index contributed by atoms with van der Waals surface area (Å²) in [6.45, 7) is 0.693. The first-order valence-corrected chi connectivity index (χ1v) is 6.20. The van der Waals surface area contributed by atoms with Gasteiger partial charge in [0.05, 0.1) is 0 Å². The summed E-state index contributed by atoms with van der Waals surface area (Å²) in [5.74, 6) is 6.91. The topological polar surface area (TPSA) is 9.23 Å².